The maximum Gasteiger partial charge on any atom is 0.573 e. The van der Waals surface area contributed by atoms with E-state index in [-0.39, 0.29) is 23.5 Å². The standard InChI is InChI=1S/C20H22F3N3O2.C6H5F/c1-13-4-5-14(12-24-13)19(2,3)25-17-10-11-26(18(17)27)15-6-8-16(9-7-15)28-20(21,22)23;7-6-4-2-1-3-5-6/h4-9,12,17,25H,10-11H2,1-3H3;1-5H. The first kappa shape index (κ1) is 26.2. The minimum Gasteiger partial charge on any atom is -0.406 e. The van der Waals surface area contributed by atoms with Crippen LogP contribution in [0.4, 0.5) is 23.2 Å². The van der Waals surface area contributed by atoms with Crippen LogP contribution in [-0.4, -0.2) is 29.8 Å². The van der Waals surface area contributed by atoms with Crippen molar-refractivity contribution in [3.63, 3.8) is 0 Å². The van der Waals surface area contributed by atoms with Gasteiger partial charge in [-0.05, 0) is 75.2 Å². The molecule has 4 rings (SSSR count). The Balaban J connectivity index is 0.000000420. The van der Waals surface area contributed by atoms with Crippen molar-refractivity contribution in [2.24, 2.45) is 0 Å². The Kier molecular flexibility index (Phi) is 8.11. The molecule has 35 heavy (non-hydrogen) atoms. The van der Waals surface area contributed by atoms with Gasteiger partial charge in [0.2, 0.25) is 5.91 Å². The molecule has 1 unspecified atom stereocenters. The van der Waals surface area contributed by atoms with E-state index in [9.17, 15) is 22.4 Å². The molecule has 3 aromatic rings. The smallest absolute Gasteiger partial charge is 0.406 e. The normalized spacial score (nSPS) is 16.0. The molecule has 1 N–H and O–H groups in total. The summed E-state index contributed by atoms with van der Waals surface area (Å²) in [5.74, 6) is -0.606. The van der Waals surface area contributed by atoms with Gasteiger partial charge in [0, 0.05) is 29.7 Å². The molecule has 1 aromatic heterocycles. The average Bonchev–Trinajstić information content (AvgIpc) is 3.14. The van der Waals surface area contributed by atoms with E-state index in [4.69, 9.17) is 0 Å². The van der Waals surface area contributed by atoms with E-state index < -0.39 is 11.9 Å². The molecule has 0 saturated carbocycles. The third-order valence-electron chi connectivity index (χ3n) is 5.49. The van der Waals surface area contributed by atoms with Gasteiger partial charge in [0.05, 0.1) is 6.04 Å². The second-order valence-electron chi connectivity index (χ2n) is 8.63. The van der Waals surface area contributed by atoms with E-state index in [1.807, 2.05) is 32.9 Å². The fourth-order valence-corrected chi connectivity index (χ4v) is 3.67. The molecule has 186 valence electrons. The van der Waals surface area contributed by atoms with Crippen molar-refractivity contribution in [1.82, 2.24) is 10.3 Å². The molecule has 1 atom stereocenters. The highest BCUT2D eigenvalue weighted by molar-refractivity contribution is 5.99. The molecular weight excluding hydrogens is 462 g/mol. The number of alkyl halides is 3. The summed E-state index contributed by atoms with van der Waals surface area (Å²) in [6.45, 7) is 6.36. The van der Waals surface area contributed by atoms with Crippen molar-refractivity contribution in [2.45, 2.75) is 45.1 Å². The zero-order chi connectivity index (χ0) is 25.6. The van der Waals surface area contributed by atoms with Crippen molar-refractivity contribution in [1.29, 1.82) is 0 Å². The number of anilines is 1. The summed E-state index contributed by atoms with van der Waals surface area (Å²) in [7, 11) is 0. The maximum atomic E-state index is 12.8. The lowest BCUT2D eigenvalue weighted by Crippen LogP contribution is -2.47. The molecular formula is C26H27F4N3O2. The number of nitrogens with one attached hydrogen (secondary N) is 1. The predicted octanol–water partition coefficient (Wildman–Crippen LogP) is 5.74. The third kappa shape index (κ3) is 7.51. The molecule has 9 heteroatoms. The van der Waals surface area contributed by atoms with Crippen LogP contribution in [0.5, 0.6) is 5.75 Å². The molecule has 1 aliphatic rings. The molecule has 0 aliphatic carbocycles. The van der Waals surface area contributed by atoms with E-state index in [2.05, 4.69) is 15.0 Å². The summed E-state index contributed by atoms with van der Waals surface area (Å²) in [5, 5.41) is 3.38. The summed E-state index contributed by atoms with van der Waals surface area (Å²) in [5.41, 5.74) is 1.97. The van der Waals surface area contributed by atoms with E-state index in [0.29, 0.717) is 18.7 Å². The Labute approximate surface area is 201 Å². The van der Waals surface area contributed by atoms with Crippen molar-refractivity contribution in [2.75, 3.05) is 11.4 Å². The fraction of sp³-hybridized carbons (Fsp3) is 0.308. The molecule has 2 aromatic carbocycles. The molecule has 0 spiro atoms. The Morgan fingerprint density at radius 2 is 1.66 bits per heavy atom. The van der Waals surface area contributed by atoms with Gasteiger partial charge < -0.3 is 9.64 Å². The number of aromatic nitrogens is 1. The van der Waals surface area contributed by atoms with Gasteiger partial charge in [-0.1, -0.05) is 24.3 Å². The molecule has 1 aliphatic heterocycles. The Morgan fingerprint density at radius 3 is 2.17 bits per heavy atom. The molecule has 2 heterocycles. The number of rotatable bonds is 5. The third-order valence-corrected chi connectivity index (χ3v) is 5.49. The van der Waals surface area contributed by atoms with E-state index in [1.54, 1.807) is 29.3 Å². The topological polar surface area (TPSA) is 54.5 Å². The Hall–Kier alpha value is -3.46. The first-order chi connectivity index (χ1) is 16.4. The number of pyridine rings is 1. The van der Waals surface area contributed by atoms with Gasteiger partial charge in [-0.2, -0.15) is 0 Å². The van der Waals surface area contributed by atoms with E-state index >= 15 is 0 Å². The summed E-state index contributed by atoms with van der Waals surface area (Å²) in [6.07, 6.45) is -2.35. The number of hydrogen-bond acceptors (Lipinski definition) is 4. The quantitative estimate of drug-likeness (QED) is 0.464. The van der Waals surface area contributed by atoms with Gasteiger partial charge in [-0.3, -0.25) is 15.1 Å². The van der Waals surface area contributed by atoms with E-state index in [0.717, 1.165) is 11.3 Å². The molecule has 1 amide bonds. The van der Waals surface area contributed by atoms with Crippen LogP contribution in [-0.2, 0) is 10.3 Å². The lowest BCUT2D eigenvalue weighted by molar-refractivity contribution is -0.274. The van der Waals surface area contributed by atoms with Gasteiger partial charge >= 0.3 is 6.36 Å². The number of halogens is 4. The summed E-state index contributed by atoms with van der Waals surface area (Å²) >= 11 is 0. The van der Waals surface area contributed by atoms with Crippen molar-refractivity contribution >= 4 is 11.6 Å². The highest BCUT2D eigenvalue weighted by Gasteiger charge is 2.37. The zero-order valence-corrected chi connectivity index (χ0v) is 19.6. The molecule has 0 radical (unpaired) electrons. The SMILES string of the molecule is Cc1ccc(C(C)(C)NC2CCN(c3ccc(OC(F)(F)F)cc3)C2=O)cn1.Fc1ccccc1. The Morgan fingerprint density at radius 1 is 1.00 bits per heavy atom. The number of amides is 1. The van der Waals surface area contributed by atoms with Crippen LogP contribution in [0.1, 0.15) is 31.5 Å². The minimum atomic E-state index is -4.74. The molecule has 5 nitrogen and oxygen atoms in total. The summed E-state index contributed by atoms with van der Waals surface area (Å²) < 4.78 is 52.6. The number of nitrogens with zero attached hydrogens (tertiary/aromatic N) is 2. The van der Waals surface area contributed by atoms with Gasteiger partial charge in [-0.15, -0.1) is 13.2 Å². The van der Waals surface area contributed by atoms with Crippen LogP contribution in [0.25, 0.3) is 0 Å². The number of ether oxygens (including phenoxy) is 1. The van der Waals surface area contributed by atoms with Crippen molar-refractivity contribution in [3.05, 3.63) is 90.0 Å². The van der Waals surface area contributed by atoms with Gasteiger partial charge in [0.1, 0.15) is 11.6 Å². The van der Waals surface area contributed by atoms with Crippen LogP contribution in [0, 0.1) is 12.7 Å². The molecule has 1 fully saturated rings. The zero-order valence-electron chi connectivity index (χ0n) is 19.6. The lowest BCUT2D eigenvalue weighted by atomic mass is 9.94. The maximum absolute atomic E-state index is 12.8. The van der Waals surface area contributed by atoms with E-state index in [1.165, 1.54) is 36.4 Å². The van der Waals surface area contributed by atoms with Crippen molar-refractivity contribution in [3.8, 4) is 5.75 Å². The molecule has 1 saturated heterocycles. The second kappa shape index (κ2) is 10.9. The first-order valence-corrected chi connectivity index (χ1v) is 11.0. The van der Waals surface area contributed by atoms with Crippen LogP contribution >= 0.6 is 0 Å². The molecule has 0 bridgehead atoms. The summed E-state index contributed by atoms with van der Waals surface area (Å²) in [4.78, 5) is 18.7. The number of carbonyl (C=O) groups excluding carboxylic acids is 1. The Bertz CT molecular complexity index is 1100. The van der Waals surface area contributed by atoms with Gasteiger partial charge in [-0.25, -0.2) is 4.39 Å². The number of benzene rings is 2. The largest absolute Gasteiger partial charge is 0.573 e. The highest BCUT2D eigenvalue weighted by Crippen LogP contribution is 2.29. The number of aryl methyl sites for hydroxylation is 1. The van der Waals surface area contributed by atoms with Gasteiger partial charge in [0.15, 0.2) is 0 Å². The monoisotopic (exact) mass is 489 g/mol. The summed E-state index contributed by atoms with van der Waals surface area (Å²) in [6, 6.07) is 16.8. The number of carbonyl (C=O) groups is 1. The van der Waals surface area contributed by atoms with Crippen LogP contribution in [0.15, 0.2) is 72.9 Å². The lowest BCUT2D eigenvalue weighted by Gasteiger charge is -2.30. The van der Waals surface area contributed by atoms with Crippen molar-refractivity contribution < 1.29 is 27.1 Å². The van der Waals surface area contributed by atoms with Crippen LogP contribution in [0.2, 0.25) is 0 Å². The van der Waals surface area contributed by atoms with Crippen LogP contribution < -0.4 is 15.0 Å². The van der Waals surface area contributed by atoms with Crippen LogP contribution in [0.3, 0.4) is 0 Å². The highest BCUT2D eigenvalue weighted by atomic mass is 19.4. The predicted molar refractivity (Wildman–Crippen MR) is 125 cm³/mol. The minimum absolute atomic E-state index is 0.113. The number of hydrogen-bond donors (Lipinski definition) is 1. The van der Waals surface area contributed by atoms with Gasteiger partial charge in [0.25, 0.3) is 0 Å². The fourth-order valence-electron chi connectivity index (χ4n) is 3.67. The average molecular weight is 490 g/mol. The first-order valence-electron chi connectivity index (χ1n) is 11.0. The second-order valence-corrected chi connectivity index (χ2v) is 8.63.